The SMILES string of the molecule is FC(F)(F)Oc1ccc(CN2CCNCC2)cc1. The number of nitrogens with zero attached hydrogens (tertiary/aromatic N) is 1. The lowest BCUT2D eigenvalue weighted by Gasteiger charge is -2.27. The Labute approximate surface area is 104 Å². The van der Waals surface area contributed by atoms with E-state index < -0.39 is 6.36 Å². The molecule has 1 fully saturated rings. The summed E-state index contributed by atoms with van der Waals surface area (Å²) < 4.78 is 39.8. The Morgan fingerprint density at radius 1 is 1.11 bits per heavy atom. The molecule has 0 aliphatic carbocycles. The van der Waals surface area contributed by atoms with Crippen LogP contribution in [0.3, 0.4) is 0 Å². The van der Waals surface area contributed by atoms with Gasteiger partial charge in [0, 0.05) is 32.7 Å². The highest BCUT2D eigenvalue weighted by atomic mass is 19.4. The van der Waals surface area contributed by atoms with E-state index in [1.807, 2.05) is 0 Å². The molecule has 1 heterocycles. The van der Waals surface area contributed by atoms with Gasteiger partial charge < -0.3 is 10.1 Å². The average molecular weight is 260 g/mol. The summed E-state index contributed by atoms with van der Waals surface area (Å²) in [5.41, 5.74) is 0.992. The molecule has 1 aliphatic rings. The van der Waals surface area contributed by atoms with Crippen molar-refractivity contribution in [1.29, 1.82) is 0 Å². The average Bonchev–Trinajstić information content (AvgIpc) is 2.31. The van der Waals surface area contributed by atoms with Crippen LogP contribution in [0.5, 0.6) is 5.75 Å². The standard InChI is InChI=1S/C12H15F3N2O/c13-12(14,15)18-11-3-1-10(2-4-11)9-17-7-5-16-6-8-17/h1-4,16H,5-9H2. The predicted molar refractivity (Wildman–Crippen MR) is 61.3 cm³/mol. The number of nitrogens with one attached hydrogen (secondary N) is 1. The summed E-state index contributed by atoms with van der Waals surface area (Å²) in [5, 5.41) is 3.25. The zero-order chi connectivity index (χ0) is 13.0. The van der Waals surface area contributed by atoms with Gasteiger partial charge in [-0.2, -0.15) is 0 Å². The monoisotopic (exact) mass is 260 g/mol. The third-order valence-electron chi connectivity index (χ3n) is 2.77. The number of piperazine rings is 1. The molecule has 0 radical (unpaired) electrons. The first-order chi connectivity index (χ1) is 8.53. The molecule has 100 valence electrons. The van der Waals surface area contributed by atoms with E-state index in [4.69, 9.17) is 0 Å². The van der Waals surface area contributed by atoms with Crippen molar-refractivity contribution in [2.75, 3.05) is 26.2 Å². The van der Waals surface area contributed by atoms with Crippen LogP contribution in [-0.2, 0) is 6.54 Å². The van der Waals surface area contributed by atoms with Crippen molar-refractivity contribution < 1.29 is 17.9 Å². The Morgan fingerprint density at radius 2 is 1.72 bits per heavy atom. The topological polar surface area (TPSA) is 24.5 Å². The smallest absolute Gasteiger partial charge is 0.406 e. The molecule has 1 aliphatic heterocycles. The molecule has 0 spiro atoms. The highest BCUT2D eigenvalue weighted by Gasteiger charge is 2.30. The van der Waals surface area contributed by atoms with Crippen molar-refractivity contribution in [3.05, 3.63) is 29.8 Å². The van der Waals surface area contributed by atoms with Crippen LogP contribution in [0.2, 0.25) is 0 Å². The first-order valence-electron chi connectivity index (χ1n) is 5.81. The minimum Gasteiger partial charge on any atom is -0.406 e. The number of halogens is 3. The van der Waals surface area contributed by atoms with Gasteiger partial charge in [-0.15, -0.1) is 13.2 Å². The second-order valence-electron chi connectivity index (χ2n) is 4.22. The maximum absolute atomic E-state index is 12.0. The van der Waals surface area contributed by atoms with E-state index in [-0.39, 0.29) is 5.75 Å². The molecule has 3 nitrogen and oxygen atoms in total. The fraction of sp³-hybridized carbons (Fsp3) is 0.500. The summed E-state index contributed by atoms with van der Waals surface area (Å²) in [6.07, 6.45) is -4.62. The largest absolute Gasteiger partial charge is 0.573 e. The molecule has 1 N–H and O–H groups in total. The minimum absolute atomic E-state index is 0.174. The molecule has 0 atom stereocenters. The Kier molecular flexibility index (Phi) is 4.08. The summed E-state index contributed by atoms with van der Waals surface area (Å²) in [6, 6.07) is 6.04. The zero-order valence-electron chi connectivity index (χ0n) is 9.83. The van der Waals surface area contributed by atoms with Gasteiger partial charge in [0.25, 0.3) is 0 Å². The Hall–Kier alpha value is -1.27. The second-order valence-corrected chi connectivity index (χ2v) is 4.22. The summed E-state index contributed by atoms with van der Waals surface area (Å²) >= 11 is 0. The van der Waals surface area contributed by atoms with E-state index in [1.165, 1.54) is 12.1 Å². The molecule has 1 saturated heterocycles. The normalized spacial score (nSPS) is 17.7. The summed E-state index contributed by atoms with van der Waals surface area (Å²) in [7, 11) is 0. The lowest BCUT2D eigenvalue weighted by Crippen LogP contribution is -2.42. The van der Waals surface area contributed by atoms with Crippen LogP contribution in [0.4, 0.5) is 13.2 Å². The van der Waals surface area contributed by atoms with Gasteiger partial charge in [0.1, 0.15) is 5.75 Å². The number of rotatable bonds is 3. The van der Waals surface area contributed by atoms with Crippen LogP contribution in [0.25, 0.3) is 0 Å². The van der Waals surface area contributed by atoms with Gasteiger partial charge in [0.2, 0.25) is 0 Å². The number of ether oxygens (including phenoxy) is 1. The van der Waals surface area contributed by atoms with Crippen molar-refractivity contribution in [2.45, 2.75) is 12.9 Å². The van der Waals surface area contributed by atoms with Crippen LogP contribution in [-0.4, -0.2) is 37.4 Å². The van der Waals surface area contributed by atoms with Gasteiger partial charge in [0.15, 0.2) is 0 Å². The third-order valence-corrected chi connectivity index (χ3v) is 2.77. The third kappa shape index (κ3) is 4.19. The van der Waals surface area contributed by atoms with Gasteiger partial charge in [-0.25, -0.2) is 0 Å². The minimum atomic E-state index is -4.62. The summed E-state index contributed by atoms with van der Waals surface area (Å²) in [6.45, 7) is 4.58. The summed E-state index contributed by atoms with van der Waals surface area (Å²) in [5.74, 6) is -0.174. The number of hydrogen-bond donors (Lipinski definition) is 1. The number of benzene rings is 1. The molecule has 0 unspecified atom stereocenters. The second kappa shape index (κ2) is 5.58. The lowest BCUT2D eigenvalue weighted by molar-refractivity contribution is -0.274. The molecule has 0 bridgehead atoms. The first-order valence-corrected chi connectivity index (χ1v) is 5.81. The number of hydrogen-bond acceptors (Lipinski definition) is 3. The Morgan fingerprint density at radius 3 is 2.28 bits per heavy atom. The van der Waals surface area contributed by atoms with Gasteiger partial charge >= 0.3 is 6.36 Å². The highest BCUT2D eigenvalue weighted by Crippen LogP contribution is 2.23. The van der Waals surface area contributed by atoms with Crippen molar-refractivity contribution in [2.24, 2.45) is 0 Å². The van der Waals surface area contributed by atoms with E-state index in [0.29, 0.717) is 0 Å². The van der Waals surface area contributed by atoms with Crippen molar-refractivity contribution in [1.82, 2.24) is 10.2 Å². The van der Waals surface area contributed by atoms with E-state index in [1.54, 1.807) is 12.1 Å². The summed E-state index contributed by atoms with van der Waals surface area (Å²) in [4.78, 5) is 2.26. The molecule has 6 heteroatoms. The molecular weight excluding hydrogens is 245 g/mol. The van der Waals surface area contributed by atoms with Gasteiger partial charge in [0.05, 0.1) is 0 Å². The molecule has 2 rings (SSSR count). The fourth-order valence-corrected chi connectivity index (χ4v) is 1.92. The van der Waals surface area contributed by atoms with Crippen molar-refractivity contribution in [3.63, 3.8) is 0 Å². The maximum Gasteiger partial charge on any atom is 0.573 e. The van der Waals surface area contributed by atoms with Crippen LogP contribution in [0.1, 0.15) is 5.56 Å². The zero-order valence-corrected chi connectivity index (χ0v) is 9.83. The van der Waals surface area contributed by atoms with Gasteiger partial charge in [-0.1, -0.05) is 12.1 Å². The number of alkyl halides is 3. The Balaban J connectivity index is 1.90. The quantitative estimate of drug-likeness (QED) is 0.899. The maximum atomic E-state index is 12.0. The van der Waals surface area contributed by atoms with Crippen LogP contribution >= 0.6 is 0 Å². The van der Waals surface area contributed by atoms with E-state index in [0.717, 1.165) is 38.3 Å². The van der Waals surface area contributed by atoms with Crippen LogP contribution in [0, 0.1) is 0 Å². The molecule has 0 amide bonds. The van der Waals surface area contributed by atoms with E-state index in [2.05, 4.69) is 15.0 Å². The van der Waals surface area contributed by atoms with E-state index >= 15 is 0 Å². The van der Waals surface area contributed by atoms with Crippen LogP contribution in [0.15, 0.2) is 24.3 Å². The van der Waals surface area contributed by atoms with Gasteiger partial charge in [-0.3, -0.25) is 4.90 Å². The Bertz CT molecular complexity index is 372. The molecule has 1 aromatic carbocycles. The molecule has 0 aromatic heterocycles. The van der Waals surface area contributed by atoms with E-state index in [9.17, 15) is 13.2 Å². The van der Waals surface area contributed by atoms with Crippen molar-refractivity contribution in [3.8, 4) is 5.75 Å². The predicted octanol–water partition coefficient (Wildman–Crippen LogP) is 1.99. The lowest BCUT2D eigenvalue weighted by atomic mass is 10.2. The first kappa shape index (κ1) is 13.2. The fourth-order valence-electron chi connectivity index (χ4n) is 1.92. The van der Waals surface area contributed by atoms with Gasteiger partial charge in [-0.05, 0) is 17.7 Å². The van der Waals surface area contributed by atoms with Crippen molar-refractivity contribution >= 4 is 0 Å². The molecule has 0 saturated carbocycles. The molecule has 18 heavy (non-hydrogen) atoms. The molecular formula is C12H15F3N2O. The highest BCUT2D eigenvalue weighted by molar-refractivity contribution is 5.27. The molecule has 1 aromatic rings. The van der Waals surface area contributed by atoms with Crippen LogP contribution < -0.4 is 10.1 Å².